The molecule has 0 radical (unpaired) electrons. The van der Waals surface area contributed by atoms with E-state index in [1.54, 1.807) is 13.2 Å². The van der Waals surface area contributed by atoms with Crippen LogP contribution in [0.25, 0.3) is 0 Å². The Morgan fingerprint density at radius 1 is 1.27 bits per heavy atom. The summed E-state index contributed by atoms with van der Waals surface area (Å²) in [6.07, 6.45) is 5.27. The van der Waals surface area contributed by atoms with Gasteiger partial charge >= 0.3 is 0 Å². The molecule has 1 N–H and O–H groups in total. The van der Waals surface area contributed by atoms with E-state index in [0.29, 0.717) is 37.2 Å². The number of para-hydroxylation sites is 1. The summed E-state index contributed by atoms with van der Waals surface area (Å²) < 4.78 is 11.6. The van der Waals surface area contributed by atoms with Crippen LogP contribution in [0.1, 0.15) is 48.9 Å². The Hall–Kier alpha value is -2.08. The second-order valence-corrected chi connectivity index (χ2v) is 7.59. The number of carbonyl (C=O) groups excluding carboxylic acids is 2. The Bertz CT molecular complexity index is 697. The van der Waals surface area contributed by atoms with Gasteiger partial charge in [-0.3, -0.25) is 9.59 Å². The summed E-state index contributed by atoms with van der Waals surface area (Å²) >= 11 is 0. The van der Waals surface area contributed by atoms with Gasteiger partial charge in [0.1, 0.15) is 5.75 Å². The van der Waals surface area contributed by atoms with Gasteiger partial charge in [0.05, 0.1) is 11.7 Å². The fourth-order valence-corrected chi connectivity index (χ4v) is 4.41. The third-order valence-electron chi connectivity index (χ3n) is 5.97. The van der Waals surface area contributed by atoms with Gasteiger partial charge in [0.2, 0.25) is 5.91 Å². The van der Waals surface area contributed by atoms with Crippen molar-refractivity contribution in [3.05, 3.63) is 29.8 Å². The van der Waals surface area contributed by atoms with Crippen LogP contribution in [0.4, 0.5) is 0 Å². The molecule has 2 aliphatic heterocycles. The number of fused-ring (bicyclic) bond motifs is 1. The maximum absolute atomic E-state index is 12.9. The number of piperidine rings is 1. The first-order chi connectivity index (χ1) is 12.6. The average Bonchev–Trinajstić information content (AvgIpc) is 2.68. The van der Waals surface area contributed by atoms with Crippen LogP contribution >= 0.6 is 0 Å². The van der Waals surface area contributed by atoms with E-state index in [1.165, 1.54) is 0 Å². The van der Waals surface area contributed by atoms with Gasteiger partial charge in [0, 0.05) is 39.0 Å². The van der Waals surface area contributed by atoms with E-state index in [-0.39, 0.29) is 23.8 Å². The number of ether oxygens (including phenoxy) is 2. The second-order valence-electron chi connectivity index (χ2n) is 7.59. The van der Waals surface area contributed by atoms with Crippen LogP contribution < -0.4 is 10.1 Å². The summed E-state index contributed by atoms with van der Waals surface area (Å²) in [7, 11) is 1.73. The lowest BCUT2D eigenvalue weighted by molar-refractivity contribution is -0.142. The quantitative estimate of drug-likeness (QED) is 0.881. The number of nitrogens with zero attached hydrogens (tertiary/aromatic N) is 1. The zero-order valence-electron chi connectivity index (χ0n) is 15.2. The summed E-state index contributed by atoms with van der Waals surface area (Å²) in [5.41, 5.74) is -0.117. The highest BCUT2D eigenvalue weighted by Crippen LogP contribution is 2.35. The maximum atomic E-state index is 12.9. The molecule has 1 saturated heterocycles. The number of carbonyl (C=O) groups is 2. The van der Waals surface area contributed by atoms with Gasteiger partial charge < -0.3 is 19.7 Å². The highest BCUT2D eigenvalue weighted by molar-refractivity contribution is 5.98. The minimum atomic E-state index is -0.691. The van der Waals surface area contributed by atoms with Gasteiger partial charge in [-0.15, -0.1) is 0 Å². The molecule has 2 amide bonds. The van der Waals surface area contributed by atoms with Crippen LogP contribution in [0.3, 0.4) is 0 Å². The molecule has 1 spiro atoms. The van der Waals surface area contributed by atoms with Gasteiger partial charge in [0.25, 0.3) is 5.91 Å². The summed E-state index contributed by atoms with van der Waals surface area (Å²) in [6, 6.07) is 7.31. The highest BCUT2D eigenvalue weighted by Gasteiger charge is 2.44. The largest absolute Gasteiger partial charge is 0.467 e. The summed E-state index contributed by atoms with van der Waals surface area (Å²) in [4.78, 5) is 27.2. The third kappa shape index (κ3) is 3.18. The van der Waals surface area contributed by atoms with Crippen molar-refractivity contribution in [1.29, 1.82) is 0 Å². The molecule has 6 heteroatoms. The Morgan fingerprint density at radius 2 is 2.04 bits per heavy atom. The molecule has 2 fully saturated rings. The first-order valence-electron chi connectivity index (χ1n) is 9.52. The number of likely N-dealkylation sites (tertiary alicyclic amines) is 1. The van der Waals surface area contributed by atoms with Crippen molar-refractivity contribution >= 4 is 11.8 Å². The summed E-state index contributed by atoms with van der Waals surface area (Å²) in [5, 5.41) is 3.02. The molecule has 1 aromatic rings. The van der Waals surface area contributed by atoms with Crippen molar-refractivity contribution in [1.82, 2.24) is 10.2 Å². The molecule has 1 saturated carbocycles. The molecule has 1 aromatic carbocycles. The lowest BCUT2D eigenvalue weighted by atomic mass is 9.85. The van der Waals surface area contributed by atoms with Crippen LogP contribution in [0.2, 0.25) is 0 Å². The van der Waals surface area contributed by atoms with Crippen molar-refractivity contribution < 1.29 is 19.1 Å². The summed E-state index contributed by atoms with van der Waals surface area (Å²) in [6.45, 7) is 1.21. The van der Waals surface area contributed by atoms with E-state index >= 15 is 0 Å². The monoisotopic (exact) mass is 358 g/mol. The number of methoxy groups -OCH3 is 1. The highest BCUT2D eigenvalue weighted by atomic mass is 16.5. The number of nitrogens with one attached hydrogen (secondary N) is 1. The Balaban J connectivity index is 1.40. The maximum Gasteiger partial charge on any atom is 0.258 e. The van der Waals surface area contributed by atoms with Crippen LogP contribution in [-0.2, 0) is 9.53 Å². The van der Waals surface area contributed by atoms with E-state index in [4.69, 9.17) is 9.47 Å². The molecule has 3 aliphatic rings. The van der Waals surface area contributed by atoms with Crippen LogP contribution in [0, 0.1) is 5.92 Å². The van der Waals surface area contributed by atoms with Crippen molar-refractivity contribution in [2.45, 2.75) is 50.4 Å². The molecule has 2 atom stereocenters. The van der Waals surface area contributed by atoms with Gasteiger partial charge in [-0.05, 0) is 31.4 Å². The molecule has 1 aliphatic carbocycles. The smallest absolute Gasteiger partial charge is 0.258 e. The van der Waals surface area contributed by atoms with Crippen molar-refractivity contribution in [2.75, 3.05) is 20.2 Å². The third-order valence-corrected chi connectivity index (χ3v) is 5.97. The van der Waals surface area contributed by atoms with Gasteiger partial charge in [-0.2, -0.15) is 0 Å². The van der Waals surface area contributed by atoms with Crippen LogP contribution in [-0.4, -0.2) is 48.7 Å². The Labute approximate surface area is 153 Å². The number of rotatable bonds is 2. The molecule has 140 valence electrons. The lowest BCUT2D eigenvalue weighted by Crippen LogP contribution is -2.62. The molecule has 6 nitrogen and oxygen atoms in total. The number of hydrogen-bond acceptors (Lipinski definition) is 4. The Morgan fingerprint density at radius 3 is 2.81 bits per heavy atom. The number of hydrogen-bond donors (Lipinski definition) is 1. The van der Waals surface area contributed by atoms with E-state index in [2.05, 4.69) is 5.32 Å². The fourth-order valence-electron chi connectivity index (χ4n) is 4.41. The standard InChI is InChI=1S/C20H26N2O4/c1-25-15-6-4-5-14(13-15)19(24)22-11-9-20(10-12-22)21-18(23)16-7-2-3-8-17(16)26-20/h2-3,7-8,14-15H,4-6,9-13H2,1H3,(H,21,23). The molecular weight excluding hydrogens is 332 g/mol. The molecule has 0 aromatic heterocycles. The summed E-state index contributed by atoms with van der Waals surface area (Å²) in [5.74, 6) is 0.822. The molecule has 4 rings (SSSR count). The number of benzene rings is 1. The van der Waals surface area contributed by atoms with E-state index in [9.17, 15) is 9.59 Å². The van der Waals surface area contributed by atoms with Crippen LogP contribution in [0.5, 0.6) is 5.75 Å². The van der Waals surface area contributed by atoms with E-state index in [0.717, 1.165) is 25.7 Å². The van der Waals surface area contributed by atoms with Gasteiger partial charge in [-0.1, -0.05) is 18.6 Å². The van der Waals surface area contributed by atoms with Crippen LogP contribution in [0.15, 0.2) is 24.3 Å². The normalized spacial score (nSPS) is 27.4. The van der Waals surface area contributed by atoms with Crippen molar-refractivity contribution in [3.8, 4) is 5.75 Å². The molecule has 0 bridgehead atoms. The van der Waals surface area contributed by atoms with Crippen molar-refractivity contribution in [3.63, 3.8) is 0 Å². The minimum Gasteiger partial charge on any atom is -0.467 e. The van der Waals surface area contributed by atoms with Gasteiger partial charge in [-0.25, -0.2) is 0 Å². The van der Waals surface area contributed by atoms with E-state index in [1.807, 2.05) is 23.1 Å². The molecular formula is C20H26N2O4. The number of amides is 2. The van der Waals surface area contributed by atoms with E-state index < -0.39 is 5.72 Å². The predicted molar refractivity (Wildman–Crippen MR) is 95.8 cm³/mol. The van der Waals surface area contributed by atoms with Gasteiger partial charge in [0.15, 0.2) is 5.72 Å². The molecule has 2 unspecified atom stereocenters. The topological polar surface area (TPSA) is 67.9 Å². The average molecular weight is 358 g/mol. The molecule has 2 heterocycles. The lowest BCUT2D eigenvalue weighted by Gasteiger charge is -2.45. The first kappa shape index (κ1) is 17.3. The SMILES string of the molecule is COC1CCCC(C(=O)N2CCC3(CC2)NC(=O)c2ccccc2O3)C1. The predicted octanol–water partition coefficient (Wildman–Crippen LogP) is 2.33. The zero-order valence-corrected chi connectivity index (χ0v) is 15.2. The Kier molecular flexibility index (Phi) is 4.61. The molecule has 26 heavy (non-hydrogen) atoms. The zero-order chi connectivity index (χ0) is 18.1. The first-order valence-corrected chi connectivity index (χ1v) is 9.52. The second kappa shape index (κ2) is 6.91. The van der Waals surface area contributed by atoms with Crippen molar-refractivity contribution in [2.24, 2.45) is 5.92 Å². The fraction of sp³-hybridized carbons (Fsp3) is 0.600. The minimum absolute atomic E-state index is 0.0605.